The van der Waals surface area contributed by atoms with Crippen molar-refractivity contribution in [1.29, 1.82) is 0 Å². The van der Waals surface area contributed by atoms with Gasteiger partial charge in [0.25, 0.3) is 0 Å². The summed E-state index contributed by atoms with van der Waals surface area (Å²) >= 11 is 0. The lowest BCUT2D eigenvalue weighted by molar-refractivity contribution is 1.20. The Morgan fingerprint density at radius 2 is 0.500 bits per heavy atom. The Labute approximate surface area is 452 Å². The Bertz CT molecular complexity index is 4330. The van der Waals surface area contributed by atoms with E-state index in [2.05, 4.69) is 322 Å². The normalized spacial score (nSPS) is 11.6. The molecule has 4 heteroatoms. The molecule has 0 aliphatic heterocycles. The van der Waals surface area contributed by atoms with Gasteiger partial charge in [0.1, 0.15) is 0 Å². The van der Waals surface area contributed by atoms with Crippen molar-refractivity contribution in [3.63, 3.8) is 0 Å². The molecule has 0 radical (unpaired) electrons. The summed E-state index contributed by atoms with van der Waals surface area (Å²) in [6.45, 7) is 0. The summed E-state index contributed by atoms with van der Waals surface area (Å²) in [6, 6.07) is 110. The molecule has 0 bridgehead atoms. The van der Waals surface area contributed by atoms with Crippen LogP contribution in [0.15, 0.2) is 303 Å². The molecule has 0 aliphatic rings. The number of hydrogen-bond acceptors (Lipinski definition) is 2. The van der Waals surface area contributed by atoms with Gasteiger partial charge in [0.05, 0.1) is 44.8 Å². The third-order valence-corrected chi connectivity index (χ3v) is 15.7. The first-order chi connectivity index (χ1) is 38.8. The lowest BCUT2D eigenvalue weighted by Gasteiger charge is -2.26. The molecule has 4 nitrogen and oxygen atoms in total. The fourth-order valence-corrected chi connectivity index (χ4v) is 12.3. The van der Waals surface area contributed by atoms with Crippen molar-refractivity contribution < 1.29 is 0 Å². The number of rotatable bonds is 10. The Morgan fingerprint density at radius 3 is 0.859 bits per heavy atom. The van der Waals surface area contributed by atoms with Gasteiger partial charge in [-0.2, -0.15) is 0 Å². The second kappa shape index (κ2) is 18.7. The average Bonchev–Trinajstić information content (AvgIpc) is 4.22. The highest BCUT2D eigenvalue weighted by Crippen LogP contribution is 2.47. The summed E-state index contributed by atoms with van der Waals surface area (Å²) in [5.41, 5.74) is 18.4. The lowest BCUT2D eigenvalue weighted by atomic mass is 9.93. The molecule has 78 heavy (non-hydrogen) atoms. The predicted molar refractivity (Wildman–Crippen MR) is 330 cm³/mol. The van der Waals surface area contributed by atoms with Gasteiger partial charge in [0.2, 0.25) is 0 Å². The molecule has 0 saturated heterocycles. The van der Waals surface area contributed by atoms with E-state index in [1.54, 1.807) is 0 Å². The van der Waals surface area contributed by atoms with Crippen LogP contribution in [0.25, 0.3) is 98.8 Å². The molecule has 0 amide bonds. The third kappa shape index (κ3) is 7.30. The maximum Gasteiger partial charge on any atom is 0.0562 e. The smallest absolute Gasteiger partial charge is 0.0562 e. The molecule has 13 aromatic carbocycles. The van der Waals surface area contributed by atoms with Crippen LogP contribution in [-0.4, -0.2) is 9.13 Å². The summed E-state index contributed by atoms with van der Waals surface area (Å²) < 4.78 is 4.93. The van der Waals surface area contributed by atoms with Crippen LogP contribution in [-0.2, 0) is 0 Å². The molecule has 0 atom stereocenters. The minimum atomic E-state index is 1.11. The summed E-state index contributed by atoms with van der Waals surface area (Å²) in [5, 5.41) is 9.65. The highest BCUT2D eigenvalue weighted by atomic mass is 15.2. The van der Waals surface area contributed by atoms with E-state index in [-0.39, 0.29) is 0 Å². The zero-order chi connectivity index (χ0) is 51.5. The average molecular weight is 995 g/mol. The number of hydrogen-bond donors (Lipinski definition) is 0. The molecule has 0 spiro atoms. The van der Waals surface area contributed by atoms with Gasteiger partial charge >= 0.3 is 0 Å². The number of para-hydroxylation sites is 6. The zero-order valence-electron chi connectivity index (χ0n) is 42.7. The maximum atomic E-state index is 2.47. The minimum absolute atomic E-state index is 1.11. The van der Waals surface area contributed by atoms with Gasteiger partial charge in [0.15, 0.2) is 0 Å². The van der Waals surface area contributed by atoms with Gasteiger partial charge in [-0.3, -0.25) is 0 Å². The molecular formula is C74H50N4. The highest BCUT2D eigenvalue weighted by molar-refractivity contribution is 6.19. The van der Waals surface area contributed by atoms with Crippen LogP contribution in [0.5, 0.6) is 0 Å². The van der Waals surface area contributed by atoms with Gasteiger partial charge in [0, 0.05) is 55.1 Å². The number of nitrogens with zero attached hydrogens (tertiary/aromatic N) is 4. The SMILES string of the molecule is c1ccc(N(c2ccccc2)c2cccc3c2c2ccccc2n3-c2ccc(-c3ccc(-c4ccc(-n5c6ccccc6c6c(N(c7ccccc7)c7ccccc7)cccc65)c5ccccc45)cc3)c3ccccc23)cc1. The molecule has 2 heterocycles. The van der Waals surface area contributed by atoms with E-state index in [9.17, 15) is 0 Å². The summed E-state index contributed by atoms with van der Waals surface area (Å²) in [4.78, 5) is 4.77. The van der Waals surface area contributed by atoms with Crippen molar-refractivity contribution in [2.45, 2.75) is 0 Å². The largest absolute Gasteiger partial charge is 0.310 e. The summed E-state index contributed by atoms with van der Waals surface area (Å²) in [6.07, 6.45) is 0. The molecule has 15 rings (SSSR count). The van der Waals surface area contributed by atoms with Crippen LogP contribution < -0.4 is 9.80 Å². The maximum absolute atomic E-state index is 2.47. The van der Waals surface area contributed by atoms with Crippen LogP contribution in [0.4, 0.5) is 34.1 Å². The third-order valence-electron chi connectivity index (χ3n) is 15.7. The van der Waals surface area contributed by atoms with Gasteiger partial charge in [-0.25, -0.2) is 0 Å². The van der Waals surface area contributed by atoms with Crippen molar-refractivity contribution in [2.75, 3.05) is 9.80 Å². The molecular weight excluding hydrogens is 945 g/mol. The second-order valence-corrected chi connectivity index (χ2v) is 20.0. The number of anilines is 6. The Morgan fingerprint density at radius 1 is 0.205 bits per heavy atom. The summed E-state index contributed by atoms with van der Waals surface area (Å²) in [7, 11) is 0. The fourth-order valence-electron chi connectivity index (χ4n) is 12.3. The van der Waals surface area contributed by atoms with Crippen molar-refractivity contribution in [3.05, 3.63) is 303 Å². The Kier molecular flexibility index (Phi) is 10.8. The first kappa shape index (κ1) is 45.0. The first-order valence-electron chi connectivity index (χ1n) is 26.8. The van der Waals surface area contributed by atoms with E-state index in [4.69, 9.17) is 0 Å². The number of benzene rings is 13. The van der Waals surface area contributed by atoms with E-state index in [1.807, 2.05) is 0 Å². The zero-order valence-corrected chi connectivity index (χ0v) is 42.7. The van der Waals surface area contributed by atoms with Crippen LogP contribution >= 0.6 is 0 Å². The molecule has 2 aromatic heterocycles. The van der Waals surface area contributed by atoms with E-state index >= 15 is 0 Å². The minimum Gasteiger partial charge on any atom is -0.310 e. The molecule has 0 unspecified atom stereocenters. The number of aromatic nitrogens is 2. The van der Waals surface area contributed by atoms with Crippen LogP contribution in [0, 0.1) is 0 Å². The van der Waals surface area contributed by atoms with Crippen LogP contribution in [0.2, 0.25) is 0 Å². The van der Waals surface area contributed by atoms with Gasteiger partial charge in [-0.15, -0.1) is 0 Å². The van der Waals surface area contributed by atoms with Crippen LogP contribution in [0.1, 0.15) is 0 Å². The Balaban J connectivity index is 0.831. The first-order valence-corrected chi connectivity index (χ1v) is 26.8. The molecule has 0 N–H and O–H groups in total. The monoisotopic (exact) mass is 994 g/mol. The standard InChI is InChI=1S/C74H50N4/c1-5-23-53(24-6-1)75(54-25-7-2-8-26-54)69-39-21-41-71-73(69)63-35-17-19-37-65(63)77(71)67-49-47-57(59-31-13-15-33-61(59)67)51-43-45-52(46-44-51)58-48-50-68(62-34-16-14-32-60(58)62)78-66-38-20-18-36-64(66)74-70(40-22-42-72(74)78)76(55-27-9-3-10-28-55)56-29-11-4-12-30-56/h1-50H. The van der Waals surface area contributed by atoms with Gasteiger partial charge in [-0.05, 0) is 130 Å². The van der Waals surface area contributed by atoms with E-state index < -0.39 is 0 Å². The fraction of sp³-hybridized carbons (Fsp3) is 0. The Hall–Kier alpha value is -10.4. The van der Waals surface area contributed by atoms with Crippen molar-refractivity contribution in [1.82, 2.24) is 9.13 Å². The van der Waals surface area contributed by atoms with Crippen molar-refractivity contribution in [2.24, 2.45) is 0 Å². The predicted octanol–water partition coefficient (Wildman–Crippen LogP) is 20.5. The van der Waals surface area contributed by atoms with Crippen molar-refractivity contribution >= 4 is 99.3 Å². The van der Waals surface area contributed by atoms with Crippen molar-refractivity contribution in [3.8, 4) is 33.6 Å². The van der Waals surface area contributed by atoms with Gasteiger partial charge < -0.3 is 18.9 Å². The molecule has 0 aliphatic carbocycles. The summed E-state index contributed by atoms with van der Waals surface area (Å²) in [5.74, 6) is 0. The lowest BCUT2D eigenvalue weighted by Crippen LogP contribution is -2.10. The van der Waals surface area contributed by atoms with Gasteiger partial charge in [-0.1, -0.05) is 206 Å². The quantitative estimate of drug-likeness (QED) is 0.136. The highest BCUT2D eigenvalue weighted by Gasteiger charge is 2.24. The molecule has 0 saturated carbocycles. The van der Waals surface area contributed by atoms with E-state index in [1.165, 1.54) is 76.4 Å². The molecule has 366 valence electrons. The van der Waals surface area contributed by atoms with E-state index in [0.29, 0.717) is 0 Å². The van der Waals surface area contributed by atoms with Crippen LogP contribution in [0.3, 0.4) is 0 Å². The topological polar surface area (TPSA) is 16.3 Å². The molecule has 0 fully saturated rings. The molecule has 15 aromatic rings. The van der Waals surface area contributed by atoms with E-state index in [0.717, 1.165) is 56.5 Å². The number of fused-ring (bicyclic) bond motifs is 8. The second-order valence-electron chi connectivity index (χ2n) is 20.0.